The van der Waals surface area contributed by atoms with Crippen molar-refractivity contribution in [3.63, 3.8) is 0 Å². The summed E-state index contributed by atoms with van der Waals surface area (Å²) >= 11 is 0. The zero-order valence-corrected chi connectivity index (χ0v) is 14.7. The third-order valence-corrected chi connectivity index (χ3v) is 4.68. The molecular weight excluding hydrogens is 338 g/mol. The molecule has 0 spiro atoms. The number of ether oxygens (including phenoxy) is 1. The summed E-state index contributed by atoms with van der Waals surface area (Å²) in [4.78, 5) is 26.8. The van der Waals surface area contributed by atoms with Gasteiger partial charge >= 0.3 is 0 Å². The quantitative estimate of drug-likeness (QED) is 0.649. The molecule has 1 amide bonds. The fourth-order valence-electron chi connectivity index (χ4n) is 3.27. The maximum absolute atomic E-state index is 12.8. The van der Waals surface area contributed by atoms with E-state index in [9.17, 15) is 9.59 Å². The SMILES string of the molecule is O=C1CN(c2ccccc2)C(=O)C1c1ccc(OCc2ccccc2)cc1. The predicted octanol–water partition coefficient (Wildman–Crippen LogP) is 3.97. The van der Waals surface area contributed by atoms with Crippen LogP contribution in [-0.2, 0) is 16.2 Å². The number of benzene rings is 3. The zero-order valence-electron chi connectivity index (χ0n) is 14.7. The summed E-state index contributed by atoms with van der Waals surface area (Å²) in [5, 5.41) is 0. The van der Waals surface area contributed by atoms with E-state index in [1.54, 1.807) is 17.0 Å². The average Bonchev–Trinajstić information content (AvgIpc) is 3.02. The molecule has 4 rings (SSSR count). The second kappa shape index (κ2) is 7.46. The molecule has 1 heterocycles. The Morgan fingerprint density at radius 1 is 0.815 bits per heavy atom. The van der Waals surface area contributed by atoms with E-state index in [1.165, 1.54) is 0 Å². The monoisotopic (exact) mass is 357 g/mol. The van der Waals surface area contributed by atoms with Gasteiger partial charge in [0.15, 0.2) is 5.78 Å². The van der Waals surface area contributed by atoms with Crippen LogP contribution in [0, 0.1) is 0 Å². The first kappa shape index (κ1) is 17.0. The summed E-state index contributed by atoms with van der Waals surface area (Å²) in [6.07, 6.45) is 0. The minimum atomic E-state index is -0.742. The lowest BCUT2D eigenvalue weighted by Gasteiger charge is -2.15. The van der Waals surface area contributed by atoms with Gasteiger partial charge in [-0.2, -0.15) is 0 Å². The van der Waals surface area contributed by atoms with E-state index in [-0.39, 0.29) is 18.2 Å². The van der Waals surface area contributed by atoms with E-state index in [1.807, 2.05) is 72.8 Å². The molecule has 1 unspecified atom stereocenters. The van der Waals surface area contributed by atoms with Gasteiger partial charge < -0.3 is 9.64 Å². The average molecular weight is 357 g/mol. The highest BCUT2D eigenvalue weighted by atomic mass is 16.5. The molecule has 1 saturated heterocycles. The van der Waals surface area contributed by atoms with Crippen molar-refractivity contribution in [2.24, 2.45) is 0 Å². The number of nitrogens with zero attached hydrogens (tertiary/aromatic N) is 1. The summed E-state index contributed by atoms with van der Waals surface area (Å²) in [6.45, 7) is 0.586. The molecule has 0 aliphatic carbocycles. The number of Topliss-reactive ketones (excluding diaryl/α,β-unsaturated/α-hetero) is 1. The molecule has 4 heteroatoms. The highest BCUT2D eigenvalue weighted by Crippen LogP contribution is 2.30. The Balaban J connectivity index is 1.47. The molecule has 0 saturated carbocycles. The molecule has 3 aromatic carbocycles. The van der Waals surface area contributed by atoms with Crippen LogP contribution in [0.1, 0.15) is 17.0 Å². The Kier molecular flexibility index (Phi) is 4.71. The number of amides is 1. The van der Waals surface area contributed by atoms with Gasteiger partial charge in [-0.3, -0.25) is 9.59 Å². The van der Waals surface area contributed by atoms with Gasteiger partial charge in [0.25, 0.3) is 0 Å². The molecule has 3 aromatic rings. The number of para-hydroxylation sites is 1. The molecule has 0 N–H and O–H groups in total. The molecule has 0 aromatic heterocycles. The fourth-order valence-corrected chi connectivity index (χ4v) is 3.27. The third-order valence-electron chi connectivity index (χ3n) is 4.68. The van der Waals surface area contributed by atoms with Crippen molar-refractivity contribution in [1.82, 2.24) is 0 Å². The second-order valence-electron chi connectivity index (χ2n) is 6.50. The molecular formula is C23H19NO3. The van der Waals surface area contributed by atoms with Crippen molar-refractivity contribution in [3.05, 3.63) is 96.1 Å². The maximum atomic E-state index is 12.8. The molecule has 4 nitrogen and oxygen atoms in total. The molecule has 134 valence electrons. The number of anilines is 1. The Morgan fingerprint density at radius 2 is 1.44 bits per heavy atom. The Hall–Kier alpha value is -3.40. The second-order valence-corrected chi connectivity index (χ2v) is 6.50. The first-order valence-electron chi connectivity index (χ1n) is 8.88. The van der Waals surface area contributed by atoms with E-state index in [0.29, 0.717) is 17.9 Å². The van der Waals surface area contributed by atoms with Crippen molar-refractivity contribution in [3.8, 4) is 5.75 Å². The zero-order chi connectivity index (χ0) is 18.6. The van der Waals surface area contributed by atoms with E-state index in [4.69, 9.17) is 4.74 Å². The van der Waals surface area contributed by atoms with E-state index >= 15 is 0 Å². The van der Waals surface area contributed by atoms with E-state index in [2.05, 4.69) is 0 Å². The van der Waals surface area contributed by atoms with Gasteiger partial charge in [0, 0.05) is 5.69 Å². The molecule has 0 radical (unpaired) electrons. The highest BCUT2D eigenvalue weighted by molar-refractivity contribution is 6.21. The van der Waals surface area contributed by atoms with Crippen LogP contribution in [0.2, 0.25) is 0 Å². The van der Waals surface area contributed by atoms with Gasteiger partial charge in [-0.15, -0.1) is 0 Å². The lowest BCUT2D eigenvalue weighted by molar-refractivity contribution is -0.123. The van der Waals surface area contributed by atoms with Crippen LogP contribution in [0.15, 0.2) is 84.9 Å². The predicted molar refractivity (Wildman–Crippen MR) is 104 cm³/mol. The molecule has 1 fully saturated rings. The summed E-state index contributed by atoms with van der Waals surface area (Å²) in [6, 6.07) is 26.4. The largest absolute Gasteiger partial charge is 0.489 e. The lowest BCUT2D eigenvalue weighted by atomic mass is 9.97. The van der Waals surface area contributed by atoms with Crippen molar-refractivity contribution in [2.75, 3.05) is 11.4 Å². The van der Waals surface area contributed by atoms with Crippen LogP contribution in [0.25, 0.3) is 0 Å². The Labute approximate surface area is 158 Å². The van der Waals surface area contributed by atoms with Crippen molar-refractivity contribution in [2.45, 2.75) is 12.5 Å². The number of hydrogen-bond acceptors (Lipinski definition) is 3. The van der Waals surface area contributed by atoms with Crippen LogP contribution < -0.4 is 9.64 Å². The first-order valence-corrected chi connectivity index (χ1v) is 8.88. The van der Waals surface area contributed by atoms with Crippen LogP contribution in [0.3, 0.4) is 0 Å². The van der Waals surface area contributed by atoms with Crippen LogP contribution in [0.4, 0.5) is 5.69 Å². The van der Waals surface area contributed by atoms with Crippen LogP contribution in [0.5, 0.6) is 5.75 Å². The normalized spacial score (nSPS) is 16.6. The summed E-state index contributed by atoms with van der Waals surface area (Å²) < 4.78 is 5.77. The highest BCUT2D eigenvalue weighted by Gasteiger charge is 2.40. The van der Waals surface area contributed by atoms with E-state index < -0.39 is 5.92 Å². The summed E-state index contributed by atoms with van der Waals surface area (Å²) in [5.74, 6) is -0.292. The molecule has 1 atom stereocenters. The topological polar surface area (TPSA) is 46.6 Å². The minimum absolute atomic E-state index is 0.0817. The van der Waals surface area contributed by atoms with Crippen LogP contribution >= 0.6 is 0 Å². The molecule has 1 aliphatic rings. The molecule has 1 aliphatic heterocycles. The van der Waals surface area contributed by atoms with Crippen molar-refractivity contribution >= 4 is 17.4 Å². The summed E-state index contributed by atoms with van der Waals surface area (Å²) in [5.41, 5.74) is 2.54. The van der Waals surface area contributed by atoms with Gasteiger partial charge in [0.2, 0.25) is 5.91 Å². The number of hydrogen-bond donors (Lipinski definition) is 0. The molecule has 27 heavy (non-hydrogen) atoms. The number of carbonyl (C=O) groups is 2. The fraction of sp³-hybridized carbons (Fsp3) is 0.130. The number of ketones is 1. The smallest absolute Gasteiger partial charge is 0.242 e. The lowest BCUT2D eigenvalue weighted by Crippen LogP contribution is -2.26. The van der Waals surface area contributed by atoms with Gasteiger partial charge in [0.05, 0.1) is 6.54 Å². The summed E-state index contributed by atoms with van der Waals surface area (Å²) in [7, 11) is 0. The third kappa shape index (κ3) is 3.60. The standard InChI is InChI=1S/C23H19NO3/c25-21-15-24(19-9-5-2-6-10-19)23(26)22(21)18-11-13-20(14-12-18)27-16-17-7-3-1-4-8-17/h1-14,22H,15-16H2. The van der Waals surface area contributed by atoms with Crippen molar-refractivity contribution < 1.29 is 14.3 Å². The van der Waals surface area contributed by atoms with E-state index in [0.717, 1.165) is 11.3 Å². The maximum Gasteiger partial charge on any atom is 0.242 e. The van der Waals surface area contributed by atoms with Crippen molar-refractivity contribution in [1.29, 1.82) is 0 Å². The minimum Gasteiger partial charge on any atom is -0.489 e. The van der Waals surface area contributed by atoms with Gasteiger partial charge in [-0.1, -0.05) is 60.7 Å². The number of rotatable bonds is 5. The Bertz CT molecular complexity index is 936. The number of carbonyl (C=O) groups excluding carboxylic acids is 2. The van der Waals surface area contributed by atoms with Gasteiger partial charge in [-0.25, -0.2) is 0 Å². The van der Waals surface area contributed by atoms with Crippen LogP contribution in [-0.4, -0.2) is 18.2 Å². The Morgan fingerprint density at radius 3 is 2.11 bits per heavy atom. The molecule has 0 bridgehead atoms. The van der Waals surface area contributed by atoms with Gasteiger partial charge in [0.1, 0.15) is 18.3 Å². The first-order chi connectivity index (χ1) is 13.2. The van der Waals surface area contributed by atoms with Gasteiger partial charge in [-0.05, 0) is 35.4 Å².